The van der Waals surface area contributed by atoms with E-state index in [4.69, 9.17) is 4.74 Å². The number of benzene rings is 1. The van der Waals surface area contributed by atoms with E-state index in [1.54, 1.807) is 29.2 Å². The summed E-state index contributed by atoms with van der Waals surface area (Å²) < 4.78 is 47.8. The van der Waals surface area contributed by atoms with Crippen molar-refractivity contribution >= 4 is 5.91 Å². The molecule has 1 aliphatic heterocycles. The van der Waals surface area contributed by atoms with Gasteiger partial charge in [0.1, 0.15) is 0 Å². The van der Waals surface area contributed by atoms with E-state index in [1.165, 1.54) is 0 Å². The lowest BCUT2D eigenvalue weighted by molar-refractivity contribution is -0.159. The fourth-order valence-electron chi connectivity index (χ4n) is 3.21. The van der Waals surface area contributed by atoms with Gasteiger partial charge in [-0.2, -0.15) is 18.2 Å². The lowest BCUT2D eigenvalue weighted by atomic mass is 10.1. The Balaban J connectivity index is 1.69. The molecule has 2 heterocycles. The molecule has 0 bridgehead atoms. The molecule has 6 nitrogen and oxygen atoms in total. The topological polar surface area (TPSA) is 68.5 Å². The Morgan fingerprint density at radius 3 is 2.62 bits per heavy atom. The Bertz CT molecular complexity index is 799. The highest BCUT2D eigenvalue weighted by Gasteiger charge is 2.38. The summed E-state index contributed by atoms with van der Waals surface area (Å²) in [7, 11) is 0. The second kappa shape index (κ2) is 9.39. The molecule has 0 spiro atoms. The first-order chi connectivity index (χ1) is 13.9. The van der Waals surface area contributed by atoms with Gasteiger partial charge in [0.25, 0.3) is 0 Å². The summed E-state index contributed by atoms with van der Waals surface area (Å²) in [6.07, 6.45) is -0.411. The highest BCUT2D eigenvalue weighted by Crippen LogP contribution is 2.29. The quantitative estimate of drug-likeness (QED) is 0.642. The molecule has 1 aromatic heterocycles. The van der Waals surface area contributed by atoms with Crippen molar-refractivity contribution in [3.8, 4) is 11.4 Å². The molecule has 2 aromatic rings. The van der Waals surface area contributed by atoms with Crippen LogP contribution in [0.25, 0.3) is 11.4 Å². The van der Waals surface area contributed by atoms with Crippen molar-refractivity contribution in [3.63, 3.8) is 0 Å². The van der Waals surface area contributed by atoms with Crippen molar-refractivity contribution in [1.82, 2.24) is 15.0 Å². The van der Waals surface area contributed by atoms with Crippen molar-refractivity contribution in [2.45, 2.75) is 57.9 Å². The van der Waals surface area contributed by atoms with Gasteiger partial charge in [-0.05, 0) is 24.8 Å². The normalized spacial score (nSPS) is 16.9. The first-order valence-corrected chi connectivity index (χ1v) is 9.76. The Morgan fingerprint density at radius 2 is 2.03 bits per heavy atom. The van der Waals surface area contributed by atoms with Crippen molar-refractivity contribution in [2.24, 2.45) is 0 Å². The van der Waals surface area contributed by atoms with E-state index >= 15 is 0 Å². The smallest absolute Gasteiger partial charge is 0.376 e. The zero-order chi connectivity index (χ0) is 20.9. The second-order valence-corrected chi connectivity index (χ2v) is 7.13. The molecule has 1 aromatic carbocycles. The van der Waals surface area contributed by atoms with E-state index in [0.717, 1.165) is 37.9 Å². The second-order valence-electron chi connectivity index (χ2n) is 7.13. The van der Waals surface area contributed by atoms with E-state index < -0.39 is 12.1 Å². The number of unbranched alkanes of at least 4 members (excludes halogenated alkanes) is 1. The van der Waals surface area contributed by atoms with Crippen molar-refractivity contribution in [3.05, 3.63) is 35.7 Å². The van der Waals surface area contributed by atoms with Gasteiger partial charge in [0.15, 0.2) is 0 Å². The summed E-state index contributed by atoms with van der Waals surface area (Å²) in [6, 6.07) is 6.77. The number of halogens is 3. The maximum absolute atomic E-state index is 12.6. The molecule has 158 valence electrons. The van der Waals surface area contributed by atoms with Gasteiger partial charge in [-0.1, -0.05) is 42.8 Å². The van der Waals surface area contributed by atoms with Crippen molar-refractivity contribution in [2.75, 3.05) is 13.2 Å². The van der Waals surface area contributed by atoms with Crippen LogP contribution in [0.15, 0.2) is 28.8 Å². The largest absolute Gasteiger partial charge is 0.471 e. The summed E-state index contributed by atoms with van der Waals surface area (Å²) in [5.41, 5.74) is 1.28. The number of rotatable bonds is 8. The van der Waals surface area contributed by atoms with Crippen LogP contribution < -0.4 is 0 Å². The van der Waals surface area contributed by atoms with Crippen LogP contribution in [-0.2, 0) is 22.3 Å². The summed E-state index contributed by atoms with van der Waals surface area (Å²) in [4.78, 5) is 17.8. The maximum Gasteiger partial charge on any atom is 0.471 e. The van der Waals surface area contributed by atoms with Gasteiger partial charge < -0.3 is 14.2 Å². The molecule has 1 unspecified atom stereocenters. The molecular weight excluding hydrogens is 387 g/mol. The fraction of sp³-hybridized carbons (Fsp3) is 0.550. The average Bonchev–Trinajstić information content (AvgIpc) is 3.38. The molecule has 0 saturated carbocycles. The fourth-order valence-corrected chi connectivity index (χ4v) is 3.21. The molecule has 3 rings (SSSR count). The molecule has 1 saturated heterocycles. The van der Waals surface area contributed by atoms with Crippen LogP contribution in [0.4, 0.5) is 13.2 Å². The van der Waals surface area contributed by atoms with Gasteiger partial charge in [-0.3, -0.25) is 4.79 Å². The third kappa shape index (κ3) is 5.79. The first-order valence-electron chi connectivity index (χ1n) is 9.76. The third-order valence-corrected chi connectivity index (χ3v) is 4.80. The number of hydrogen-bond acceptors (Lipinski definition) is 5. The van der Waals surface area contributed by atoms with Gasteiger partial charge in [0.05, 0.1) is 6.10 Å². The van der Waals surface area contributed by atoms with Gasteiger partial charge in [-0.25, -0.2) is 0 Å². The summed E-state index contributed by atoms with van der Waals surface area (Å²) in [6.45, 7) is 3.73. The Kier molecular flexibility index (Phi) is 6.89. The molecule has 0 aliphatic carbocycles. The highest BCUT2D eigenvalue weighted by atomic mass is 19.4. The highest BCUT2D eigenvalue weighted by molar-refractivity contribution is 5.76. The molecule has 0 N–H and O–H groups in total. The Morgan fingerprint density at radius 1 is 1.28 bits per heavy atom. The number of hydrogen-bond donors (Lipinski definition) is 0. The van der Waals surface area contributed by atoms with Crippen LogP contribution in [0.1, 0.15) is 50.5 Å². The zero-order valence-corrected chi connectivity index (χ0v) is 16.2. The predicted molar refractivity (Wildman–Crippen MR) is 98.7 cm³/mol. The Hall–Kier alpha value is -2.42. The lowest BCUT2D eigenvalue weighted by Crippen LogP contribution is -2.36. The zero-order valence-electron chi connectivity index (χ0n) is 16.2. The third-order valence-electron chi connectivity index (χ3n) is 4.80. The number of carbonyl (C=O) groups excluding carboxylic acids is 1. The summed E-state index contributed by atoms with van der Waals surface area (Å²) in [5, 5.41) is 3.39. The Labute approximate surface area is 167 Å². The number of ether oxygens (including phenoxy) is 1. The summed E-state index contributed by atoms with van der Waals surface area (Å²) in [5.74, 6) is -1.42. The molecule has 0 radical (unpaired) electrons. The molecule has 29 heavy (non-hydrogen) atoms. The SMILES string of the molecule is CCCCC(=O)N(Cc1ccc(-c2noc(C(F)(F)F)n2)cc1)CC1CCCO1. The van der Waals surface area contributed by atoms with Gasteiger partial charge in [-0.15, -0.1) is 0 Å². The number of carbonyl (C=O) groups is 1. The lowest BCUT2D eigenvalue weighted by Gasteiger charge is -2.26. The van der Waals surface area contributed by atoms with Gasteiger partial charge in [0.2, 0.25) is 11.7 Å². The standard InChI is InChI=1S/C20H24F3N3O3/c1-2-3-6-17(27)26(13-16-5-4-11-28-16)12-14-7-9-15(10-8-14)18-24-19(29-25-18)20(21,22)23/h7-10,16H,2-6,11-13H2,1H3. The van der Waals surface area contributed by atoms with E-state index in [0.29, 0.717) is 25.1 Å². The molecule has 1 amide bonds. The van der Waals surface area contributed by atoms with Crippen LogP contribution in [0.3, 0.4) is 0 Å². The number of alkyl halides is 3. The maximum atomic E-state index is 12.6. The van der Waals surface area contributed by atoms with Crippen molar-refractivity contribution < 1.29 is 27.2 Å². The number of nitrogens with zero attached hydrogens (tertiary/aromatic N) is 3. The molecule has 1 aliphatic rings. The van der Waals surface area contributed by atoms with Gasteiger partial charge in [0, 0.05) is 31.7 Å². The van der Waals surface area contributed by atoms with E-state index in [2.05, 4.69) is 14.7 Å². The summed E-state index contributed by atoms with van der Waals surface area (Å²) >= 11 is 0. The van der Waals surface area contributed by atoms with Crippen LogP contribution >= 0.6 is 0 Å². The minimum Gasteiger partial charge on any atom is -0.376 e. The minimum atomic E-state index is -4.67. The van der Waals surface area contributed by atoms with Crippen molar-refractivity contribution in [1.29, 1.82) is 0 Å². The number of aromatic nitrogens is 2. The average molecular weight is 411 g/mol. The first kappa shape index (κ1) is 21.3. The molecule has 9 heteroatoms. The van der Waals surface area contributed by atoms with Crippen LogP contribution in [-0.4, -0.2) is 40.2 Å². The van der Waals surface area contributed by atoms with E-state index in [1.807, 2.05) is 6.92 Å². The van der Waals surface area contributed by atoms with Gasteiger partial charge >= 0.3 is 12.1 Å². The van der Waals surface area contributed by atoms with Crippen LogP contribution in [0.2, 0.25) is 0 Å². The van der Waals surface area contributed by atoms with E-state index in [-0.39, 0.29) is 17.8 Å². The minimum absolute atomic E-state index is 0.0555. The monoisotopic (exact) mass is 411 g/mol. The molecular formula is C20H24F3N3O3. The molecule has 1 fully saturated rings. The number of amides is 1. The van der Waals surface area contributed by atoms with Crippen LogP contribution in [0, 0.1) is 0 Å². The van der Waals surface area contributed by atoms with E-state index in [9.17, 15) is 18.0 Å². The molecule has 1 atom stereocenters. The van der Waals surface area contributed by atoms with Crippen LogP contribution in [0.5, 0.6) is 0 Å². The predicted octanol–water partition coefficient (Wildman–Crippen LogP) is 4.45.